The molecule has 2 N–H and O–H groups in total. The maximum atomic E-state index is 11.4. The molecule has 0 heterocycles. The highest BCUT2D eigenvalue weighted by molar-refractivity contribution is 5.97. The zero-order valence-electron chi connectivity index (χ0n) is 10.1. The van der Waals surface area contributed by atoms with E-state index in [2.05, 4.69) is 0 Å². The second-order valence-electron chi connectivity index (χ2n) is 4.01. The van der Waals surface area contributed by atoms with E-state index in [0.29, 0.717) is 5.56 Å². The first-order valence-electron chi connectivity index (χ1n) is 5.70. The van der Waals surface area contributed by atoms with Gasteiger partial charge in [0.25, 0.3) is 5.69 Å². The molecule has 0 spiro atoms. The molecular weight excluding hydrogens is 244 g/mol. The van der Waals surface area contributed by atoms with E-state index in [1.807, 2.05) is 0 Å². The van der Waals surface area contributed by atoms with Crippen molar-refractivity contribution in [3.05, 3.63) is 64.2 Å². The third-order valence-electron chi connectivity index (χ3n) is 2.80. The number of nitro groups is 1. The van der Waals surface area contributed by atoms with Crippen molar-refractivity contribution in [2.45, 2.75) is 0 Å². The first-order chi connectivity index (χ1) is 9.11. The van der Waals surface area contributed by atoms with Crippen LogP contribution >= 0.6 is 0 Å². The predicted molar refractivity (Wildman–Crippen MR) is 71.9 cm³/mol. The summed E-state index contributed by atoms with van der Waals surface area (Å²) in [6.07, 6.45) is 0. The summed E-state index contributed by atoms with van der Waals surface area (Å²) < 4.78 is 0. The van der Waals surface area contributed by atoms with E-state index in [0.717, 1.165) is 11.1 Å². The van der Waals surface area contributed by atoms with Gasteiger partial charge in [0.2, 0.25) is 0 Å². The van der Waals surface area contributed by atoms with Gasteiger partial charge in [-0.25, -0.2) is 0 Å². The molecule has 0 unspecified atom stereocenters. The normalized spacial score (nSPS) is 10.2. The molecule has 0 saturated heterocycles. The van der Waals surface area contributed by atoms with Crippen LogP contribution in [0.15, 0.2) is 48.5 Å². The molecule has 0 saturated carbocycles. The molecule has 5 nitrogen and oxygen atoms in total. The van der Waals surface area contributed by atoms with Crippen LogP contribution in [0.1, 0.15) is 10.4 Å². The number of hydrogen-bond donors (Lipinski definition) is 1. The highest BCUT2D eigenvalue weighted by atomic mass is 16.6. The molecule has 2 aromatic carbocycles. The lowest BCUT2D eigenvalue weighted by atomic mass is 10.0. The molecular formula is C14H12N2O3. The first-order valence-corrected chi connectivity index (χ1v) is 5.70. The van der Waals surface area contributed by atoms with E-state index in [1.54, 1.807) is 36.4 Å². The van der Waals surface area contributed by atoms with Gasteiger partial charge in [-0.3, -0.25) is 14.9 Å². The minimum atomic E-state index is -0.438. The fraction of sp³-hybridized carbons (Fsp3) is 0.0714. The number of nitrogens with zero attached hydrogens (tertiary/aromatic N) is 1. The Balaban J connectivity index is 2.27. The Hall–Kier alpha value is -2.53. The quantitative estimate of drug-likeness (QED) is 0.517. The Morgan fingerprint density at radius 3 is 1.89 bits per heavy atom. The van der Waals surface area contributed by atoms with Crippen molar-refractivity contribution in [2.24, 2.45) is 5.73 Å². The van der Waals surface area contributed by atoms with E-state index >= 15 is 0 Å². The van der Waals surface area contributed by atoms with Crippen LogP contribution in [0.25, 0.3) is 11.1 Å². The lowest BCUT2D eigenvalue weighted by Gasteiger charge is -2.03. The van der Waals surface area contributed by atoms with E-state index < -0.39 is 4.92 Å². The number of Topliss-reactive ketones (excluding diaryl/α,β-unsaturated/α-hetero) is 1. The van der Waals surface area contributed by atoms with Crippen LogP contribution in [0.5, 0.6) is 0 Å². The first kappa shape index (κ1) is 12.9. The Morgan fingerprint density at radius 2 is 1.47 bits per heavy atom. The van der Waals surface area contributed by atoms with Gasteiger partial charge in [0, 0.05) is 17.7 Å². The Bertz CT molecular complexity index is 604. The summed E-state index contributed by atoms with van der Waals surface area (Å²) in [6.45, 7) is -0.0170. The maximum absolute atomic E-state index is 11.4. The number of hydrogen-bond acceptors (Lipinski definition) is 4. The molecule has 2 aromatic rings. The van der Waals surface area contributed by atoms with Gasteiger partial charge in [0.1, 0.15) is 0 Å². The second kappa shape index (κ2) is 5.41. The van der Waals surface area contributed by atoms with E-state index in [1.165, 1.54) is 12.1 Å². The number of benzene rings is 2. The highest BCUT2D eigenvalue weighted by Crippen LogP contribution is 2.22. The summed E-state index contributed by atoms with van der Waals surface area (Å²) in [5.74, 6) is -0.116. The average Bonchev–Trinajstić information content (AvgIpc) is 2.46. The Kier molecular flexibility index (Phi) is 3.68. The SMILES string of the molecule is NCC(=O)c1ccc(-c2ccc([N+](=O)[O-])cc2)cc1. The van der Waals surface area contributed by atoms with Crippen LogP contribution < -0.4 is 5.73 Å². The lowest BCUT2D eigenvalue weighted by Crippen LogP contribution is -2.13. The molecule has 19 heavy (non-hydrogen) atoms. The summed E-state index contributed by atoms with van der Waals surface area (Å²) in [6, 6.07) is 13.3. The summed E-state index contributed by atoms with van der Waals surface area (Å²) in [7, 11) is 0. The van der Waals surface area contributed by atoms with Crippen molar-refractivity contribution in [1.29, 1.82) is 0 Å². The highest BCUT2D eigenvalue weighted by Gasteiger charge is 2.06. The Labute approximate surface area is 109 Å². The number of nitro benzene ring substituents is 1. The predicted octanol–water partition coefficient (Wildman–Crippen LogP) is 2.40. The molecule has 96 valence electrons. The van der Waals surface area contributed by atoms with E-state index in [9.17, 15) is 14.9 Å². The molecule has 0 aliphatic carbocycles. The maximum Gasteiger partial charge on any atom is 0.269 e. The number of non-ortho nitro benzene ring substituents is 1. The molecule has 0 aliphatic rings. The molecule has 0 radical (unpaired) electrons. The van der Waals surface area contributed by atoms with Gasteiger partial charge >= 0.3 is 0 Å². The van der Waals surface area contributed by atoms with Gasteiger partial charge in [0.15, 0.2) is 5.78 Å². The molecule has 0 bridgehead atoms. The monoisotopic (exact) mass is 256 g/mol. The molecule has 0 aromatic heterocycles. The molecule has 0 atom stereocenters. The second-order valence-corrected chi connectivity index (χ2v) is 4.01. The summed E-state index contributed by atoms with van der Waals surface area (Å²) >= 11 is 0. The number of nitrogens with two attached hydrogens (primary N) is 1. The minimum absolute atomic E-state index is 0.0170. The molecule has 2 rings (SSSR count). The van der Waals surface area contributed by atoms with Crippen molar-refractivity contribution >= 4 is 11.5 Å². The third-order valence-corrected chi connectivity index (χ3v) is 2.80. The van der Waals surface area contributed by atoms with Crippen LogP contribution in [0.2, 0.25) is 0 Å². The summed E-state index contributed by atoms with van der Waals surface area (Å²) in [4.78, 5) is 21.5. The Morgan fingerprint density at radius 1 is 1.00 bits per heavy atom. The molecule has 0 amide bonds. The smallest absolute Gasteiger partial charge is 0.269 e. The zero-order chi connectivity index (χ0) is 13.8. The van der Waals surface area contributed by atoms with Gasteiger partial charge in [-0.15, -0.1) is 0 Å². The van der Waals surface area contributed by atoms with Crippen molar-refractivity contribution in [2.75, 3.05) is 6.54 Å². The van der Waals surface area contributed by atoms with Crippen molar-refractivity contribution < 1.29 is 9.72 Å². The fourth-order valence-electron chi connectivity index (χ4n) is 1.74. The minimum Gasteiger partial charge on any atom is -0.324 e. The van der Waals surface area contributed by atoms with E-state index in [4.69, 9.17) is 5.73 Å². The summed E-state index contributed by atoms with van der Waals surface area (Å²) in [5, 5.41) is 10.6. The number of carbonyl (C=O) groups is 1. The largest absolute Gasteiger partial charge is 0.324 e. The van der Waals surface area contributed by atoms with Gasteiger partial charge in [0.05, 0.1) is 11.5 Å². The topological polar surface area (TPSA) is 86.2 Å². The molecule has 0 aliphatic heterocycles. The van der Waals surface area contributed by atoms with Crippen LogP contribution in [-0.4, -0.2) is 17.3 Å². The van der Waals surface area contributed by atoms with Gasteiger partial charge < -0.3 is 5.73 Å². The van der Waals surface area contributed by atoms with Crippen LogP contribution in [-0.2, 0) is 0 Å². The third kappa shape index (κ3) is 2.83. The van der Waals surface area contributed by atoms with Gasteiger partial charge in [-0.05, 0) is 23.3 Å². The fourth-order valence-corrected chi connectivity index (χ4v) is 1.74. The van der Waals surface area contributed by atoms with E-state index in [-0.39, 0.29) is 18.0 Å². The molecule has 0 fully saturated rings. The standard InChI is InChI=1S/C14H12N2O3/c15-9-14(17)12-3-1-10(2-4-12)11-5-7-13(8-6-11)16(18)19/h1-8H,9,15H2. The van der Waals surface area contributed by atoms with Crippen molar-refractivity contribution in [3.63, 3.8) is 0 Å². The van der Waals surface area contributed by atoms with Crippen molar-refractivity contribution in [1.82, 2.24) is 0 Å². The lowest BCUT2D eigenvalue weighted by molar-refractivity contribution is -0.384. The van der Waals surface area contributed by atoms with Crippen LogP contribution in [0.3, 0.4) is 0 Å². The van der Waals surface area contributed by atoms with Gasteiger partial charge in [-0.1, -0.05) is 24.3 Å². The van der Waals surface area contributed by atoms with Crippen LogP contribution in [0.4, 0.5) is 5.69 Å². The zero-order valence-corrected chi connectivity index (χ0v) is 10.1. The molecule has 5 heteroatoms. The van der Waals surface area contributed by atoms with Gasteiger partial charge in [-0.2, -0.15) is 0 Å². The van der Waals surface area contributed by atoms with Crippen molar-refractivity contribution in [3.8, 4) is 11.1 Å². The summed E-state index contributed by atoms with van der Waals surface area (Å²) in [5.41, 5.74) is 7.65. The number of ketones is 1. The van der Waals surface area contributed by atoms with Crippen LogP contribution in [0, 0.1) is 10.1 Å². The average molecular weight is 256 g/mol. The number of carbonyl (C=O) groups excluding carboxylic acids is 1. The number of rotatable bonds is 4.